The van der Waals surface area contributed by atoms with Gasteiger partial charge >= 0.3 is 0 Å². The van der Waals surface area contributed by atoms with Crippen molar-refractivity contribution in [1.82, 2.24) is 34.9 Å². The molecule has 6 atom stereocenters. The van der Waals surface area contributed by atoms with E-state index in [2.05, 4.69) is 38.1 Å². The molecule has 2 saturated heterocycles. The zero-order chi connectivity index (χ0) is 47.6. The molecule has 3 aliphatic rings. The summed E-state index contributed by atoms with van der Waals surface area (Å²) in [6, 6.07) is 25.8. The molecule has 1 aliphatic carbocycles. The molecule has 2 aliphatic heterocycles. The number of carbonyl (C=O) groups excluding carboxylic acids is 4. The van der Waals surface area contributed by atoms with Gasteiger partial charge in [0.05, 0.1) is 42.5 Å². The van der Waals surface area contributed by atoms with Gasteiger partial charge in [-0.15, -0.1) is 0 Å². The average molecular weight is 949 g/mol. The molecule has 1 unspecified atom stereocenters. The van der Waals surface area contributed by atoms with Gasteiger partial charge in [-0.05, 0) is 131 Å². The molecule has 4 amide bonds. The Labute approximate surface area is 402 Å². The summed E-state index contributed by atoms with van der Waals surface area (Å²) in [6.07, 6.45) is 4.66. The Morgan fingerprint density at radius 3 is 2.40 bits per heavy atom. The van der Waals surface area contributed by atoms with Gasteiger partial charge in [0.1, 0.15) is 29.4 Å². The summed E-state index contributed by atoms with van der Waals surface area (Å²) in [5.74, 6) is -1.00. The van der Waals surface area contributed by atoms with Crippen molar-refractivity contribution in [3.63, 3.8) is 0 Å². The number of aryl methyl sites for hydroxylation is 1. The molecule has 352 valence electrons. The van der Waals surface area contributed by atoms with Gasteiger partial charge < -0.3 is 34.8 Å². The van der Waals surface area contributed by atoms with Crippen molar-refractivity contribution < 1.29 is 29.0 Å². The minimum absolute atomic E-state index is 0.0913. The molecule has 15 heteroatoms. The molecule has 0 radical (unpaired) electrons. The van der Waals surface area contributed by atoms with E-state index < -0.39 is 47.9 Å². The number of halogens is 2. The van der Waals surface area contributed by atoms with Crippen LogP contribution in [0.1, 0.15) is 79.6 Å². The molecular weight excluding hydrogens is 890 g/mol. The summed E-state index contributed by atoms with van der Waals surface area (Å²) < 4.78 is 8.57. The van der Waals surface area contributed by atoms with E-state index in [1.807, 2.05) is 81.9 Å². The van der Waals surface area contributed by atoms with Gasteiger partial charge in [-0.1, -0.05) is 65.7 Å². The number of ether oxygens (including phenoxy) is 1. The lowest BCUT2D eigenvalue weighted by atomic mass is 9.80. The highest BCUT2D eigenvalue weighted by Crippen LogP contribution is 2.42. The van der Waals surface area contributed by atoms with Crippen LogP contribution in [0.4, 0.5) is 0 Å². The van der Waals surface area contributed by atoms with Crippen molar-refractivity contribution in [3.05, 3.63) is 135 Å². The lowest BCUT2D eigenvalue weighted by molar-refractivity contribution is -0.148. The zero-order valence-electron chi connectivity index (χ0n) is 38.7. The highest BCUT2D eigenvalue weighted by Gasteiger charge is 2.45. The van der Waals surface area contributed by atoms with E-state index >= 15 is 9.59 Å². The third kappa shape index (κ3) is 10.4. The summed E-state index contributed by atoms with van der Waals surface area (Å²) in [5.41, 5.74) is 4.62. The van der Waals surface area contributed by atoms with Crippen LogP contribution in [0.5, 0.6) is 11.5 Å². The third-order valence-electron chi connectivity index (χ3n) is 14.0. The predicted octanol–water partition coefficient (Wildman–Crippen LogP) is 7.47. The van der Waals surface area contributed by atoms with Crippen LogP contribution in [0.25, 0.3) is 11.3 Å². The molecule has 67 heavy (non-hydrogen) atoms. The highest BCUT2D eigenvalue weighted by atomic mass is 35.5. The average Bonchev–Trinajstić information content (AvgIpc) is 3.93. The first-order chi connectivity index (χ1) is 32.1. The highest BCUT2D eigenvalue weighted by molar-refractivity contribution is 6.31. The fourth-order valence-corrected chi connectivity index (χ4v) is 10.3. The minimum Gasteiger partial charge on any atom is -0.457 e. The third-order valence-corrected chi connectivity index (χ3v) is 14.5. The number of hydrogen-bond donors (Lipinski definition) is 3. The Kier molecular flexibility index (Phi) is 14.4. The van der Waals surface area contributed by atoms with Crippen molar-refractivity contribution in [2.24, 2.45) is 13.0 Å². The monoisotopic (exact) mass is 947 g/mol. The number of benzene rings is 4. The summed E-state index contributed by atoms with van der Waals surface area (Å²) in [7, 11) is 6.03. The molecule has 4 aromatic carbocycles. The second kappa shape index (κ2) is 20.2. The van der Waals surface area contributed by atoms with Crippen LogP contribution >= 0.6 is 23.2 Å². The van der Waals surface area contributed by atoms with E-state index in [0.29, 0.717) is 59.3 Å². The van der Waals surface area contributed by atoms with Gasteiger partial charge in [0.25, 0.3) is 0 Å². The van der Waals surface area contributed by atoms with Gasteiger partial charge in [-0.3, -0.25) is 24.1 Å². The summed E-state index contributed by atoms with van der Waals surface area (Å²) in [5, 5.41) is 17.5. The molecule has 13 nitrogen and oxygen atoms in total. The molecule has 2 bridgehead atoms. The molecular formula is C52H59Cl2N7O6. The predicted molar refractivity (Wildman–Crippen MR) is 259 cm³/mol. The lowest BCUT2D eigenvalue weighted by Gasteiger charge is -2.46. The maximum atomic E-state index is 15.3. The number of imidazole rings is 1. The lowest BCUT2D eigenvalue weighted by Crippen LogP contribution is -2.65. The first-order valence-corrected chi connectivity index (χ1v) is 23.8. The number of nitrogens with zero attached hydrogens (tertiary/aromatic N) is 5. The molecule has 0 saturated carbocycles. The number of aromatic nitrogens is 2. The maximum absolute atomic E-state index is 15.3. The number of aliphatic hydroxyl groups excluding tert-OH is 1. The Morgan fingerprint density at radius 2 is 1.67 bits per heavy atom. The number of rotatable bonds is 11. The summed E-state index contributed by atoms with van der Waals surface area (Å²) in [4.78, 5) is 69.1. The van der Waals surface area contributed by atoms with E-state index in [0.717, 1.165) is 40.2 Å². The maximum Gasteiger partial charge on any atom is 0.245 e. The Hall–Kier alpha value is -5.73. The fourth-order valence-electron chi connectivity index (χ4n) is 10.0. The van der Waals surface area contributed by atoms with E-state index in [1.54, 1.807) is 42.2 Å². The van der Waals surface area contributed by atoms with E-state index in [-0.39, 0.29) is 37.4 Å². The Morgan fingerprint density at radius 1 is 0.940 bits per heavy atom. The molecule has 3 N–H and O–H groups in total. The number of aliphatic hydroxyl groups is 1. The van der Waals surface area contributed by atoms with Gasteiger partial charge in [0.2, 0.25) is 23.6 Å². The second-order valence-corrected chi connectivity index (χ2v) is 19.5. The van der Waals surface area contributed by atoms with Crippen LogP contribution in [0.15, 0.2) is 97.2 Å². The van der Waals surface area contributed by atoms with Gasteiger partial charge in [-0.2, -0.15) is 0 Å². The number of nitrogens with one attached hydrogen (secondary N) is 2. The normalized spacial score (nSPS) is 23.1. The van der Waals surface area contributed by atoms with Crippen LogP contribution in [-0.2, 0) is 45.6 Å². The van der Waals surface area contributed by atoms with E-state index in [4.69, 9.17) is 27.9 Å². The number of piperidine rings is 1. The van der Waals surface area contributed by atoms with Crippen LogP contribution < -0.4 is 15.4 Å². The first-order valence-electron chi connectivity index (χ1n) is 23.0. The van der Waals surface area contributed by atoms with Crippen LogP contribution in [0, 0.1) is 5.92 Å². The van der Waals surface area contributed by atoms with Crippen LogP contribution in [0.2, 0.25) is 10.0 Å². The summed E-state index contributed by atoms with van der Waals surface area (Å²) in [6.45, 7) is 3.54. The minimum atomic E-state index is -1.34. The second-order valence-electron chi connectivity index (χ2n) is 18.6. The van der Waals surface area contributed by atoms with Crippen LogP contribution in [-0.4, -0.2) is 104 Å². The van der Waals surface area contributed by atoms with Gasteiger partial charge in [0.15, 0.2) is 0 Å². The molecule has 5 aromatic rings. The van der Waals surface area contributed by atoms with Gasteiger partial charge in [-0.25, -0.2) is 4.98 Å². The fraction of sp³-hybridized carbons (Fsp3) is 0.404. The molecule has 2 fully saturated rings. The Balaban J connectivity index is 1.13. The number of hydrogen-bond acceptors (Lipinski definition) is 8. The van der Waals surface area contributed by atoms with Crippen molar-refractivity contribution in [2.45, 2.75) is 88.5 Å². The standard InChI is InChI=1S/C52H59Cl2N7O6/c1-32(58(3)4)48-55-28-45(59(48)5)36-14-20-40(21-15-36)67-46-25-39(54)19-13-37(46)29-61-33(2)49(64)56-44(30-62)50(65)57-52(27-34-11-17-38(53)18-12-34)23-8-24-60(31-52)51(66)43(26-47(61)63)42-22-16-35-9-6-7-10-41(35)42/h6-7,9-15,17-21,25,28,32-33,42-44,62H,8,16,22-24,26-27,29-31H2,1-5H3,(H,56,64)(H,57,65)/t32?,33-,42+,43-,44-,52+/m0/s1. The van der Waals surface area contributed by atoms with Crippen molar-refractivity contribution in [2.75, 3.05) is 33.8 Å². The number of carbonyl (C=O) groups is 4. The van der Waals surface area contributed by atoms with Crippen molar-refractivity contribution in [3.8, 4) is 22.8 Å². The van der Waals surface area contributed by atoms with Gasteiger partial charge in [0, 0.05) is 47.7 Å². The Bertz CT molecular complexity index is 2620. The molecule has 8 rings (SSSR count). The molecule has 0 spiro atoms. The molecule has 3 heterocycles. The topological polar surface area (TPSA) is 149 Å². The first kappa shape index (κ1) is 47.8. The molecule has 1 aromatic heterocycles. The number of fused-ring (bicyclic) bond motifs is 3. The SMILES string of the molecule is CC(c1ncc(-c2ccc(Oc3cc(Cl)ccc3CN3C(=O)C[C@@H]([C@@H]4CCc5ccccc54)C(=O)N4CCC[C@@](Cc5ccc(Cl)cc5)(C4)NC(=O)[C@H](CO)NC(=O)[C@@H]3C)cc2)n1C)N(C)C. The smallest absolute Gasteiger partial charge is 0.245 e. The quantitative estimate of drug-likeness (QED) is 0.124. The zero-order valence-corrected chi connectivity index (χ0v) is 40.2. The van der Waals surface area contributed by atoms with Crippen molar-refractivity contribution >= 4 is 46.8 Å². The summed E-state index contributed by atoms with van der Waals surface area (Å²) >= 11 is 12.8. The number of amides is 4. The van der Waals surface area contributed by atoms with E-state index in [9.17, 15) is 14.7 Å². The largest absolute Gasteiger partial charge is 0.457 e. The van der Waals surface area contributed by atoms with Crippen LogP contribution in [0.3, 0.4) is 0 Å². The van der Waals surface area contributed by atoms with E-state index in [1.165, 1.54) is 4.90 Å². The van der Waals surface area contributed by atoms with Crippen molar-refractivity contribution in [1.29, 1.82) is 0 Å².